The zero-order valence-electron chi connectivity index (χ0n) is 12.5. The van der Waals surface area contributed by atoms with Gasteiger partial charge in [0.05, 0.1) is 0 Å². The summed E-state index contributed by atoms with van der Waals surface area (Å²) in [7, 11) is 0. The summed E-state index contributed by atoms with van der Waals surface area (Å²) in [6, 6.07) is 12.9. The maximum atomic E-state index is 13.6. The first-order valence-electron chi connectivity index (χ1n) is 7.43. The predicted octanol–water partition coefficient (Wildman–Crippen LogP) is 2.57. The van der Waals surface area contributed by atoms with Gasteiger partial charge in [0.1, 0.15) is 5.82 Å². The van der Waals surface area contributed by atoms with Crippen molar-refractivity contribution in [3.8, 4) is 0 Å². The number of hydrogen-bond donors (Lipinski definition) is 2. The Bertz CT molecular complexity index is 880. The van der Waals surface area contributed by atoms with Crippen LogP contribution in [0.2, 0.25) is 0 Å². The van der Waals surface area contributed by atoms with Crippen molar-refractivity contribution in [2.45, 2.75) is 11.6 Å². The molecule has 0 saturated heterocycles. The molecular weight excluding hydrogens is 311 g/mol. The van der Waals surface area contributed by atoms with Crippen LogP contribution in [0.3, 0.4) is 0 Å². The van der Waals surface area contributed by atoms with Crippen LogP contribution in [0.1, 0.15) is 5.56 Å². The van der Waals surface area contributed by atoms with E-state index < -0.39 is 23.4 Å². The average molecular weight is 324 g/mol. The number of nitrogens with one attached hydrogen (secondary N) is 2. The van der Waals surface area contributed by atoms with Crippen LogP contribution in [0.15, 0.2) is 60.7 Å². The lowest BCUT2D eigenvalue weighted by atomic mass is 9.85. The molecule has 0 aliphatic carbocycles. The third kappa shape index (κ3) is 2.07. The van der Waals surface area contributed by atoms with E-state index >= 15 is 0 Å². The van der Waals surface area contributed by atoms with Crippen LogP contribution in [0.5, 0.6) is 0 Å². The number of halogens is 1. The van der Waals surface area contributed by atoms with E-state index in [2.05, 4.69) is 10.6 Å². The number of anilines is 2. The van der Waals surface area contributed by atoms with Crippen molar-refractivity contribution in [1.29, 1.82) is 0 Å². The van der Waals surface area contributed by atoms with E-state index in [0.29, 0.717) is 16.9 Å². The molecule has 0 bridgehead atoms. The number of rotatable bonds is 3. The summed E-state index contributed by atoms with van der Waals surface area (Å²) in [5, 5.41) is 5.88. The molecule has 5 nitrogen and oxygen atoms in total. The molecule has 6 heteroatoms. The highest BCUT2D eigenvalue weighted by atomic mass is 19.1. The summed E-state index contributed by atoms with van der Waals surface area (Å²) in [5.74, 6) is -1.31. The molecule has 0 aromatic heterocycles. The van der Waals surface area contributed by atoms with Gasteiger partial charge in [0, 0.05) is 23.0 Å². The van der Waals surface area contributed by atoms with E-state index in [1.807, 2.05) is 0 Å². The minimum atomic E-state index is -1.35. The molecule has 2 aliphatic rings. The van der Waals surface area contributed by atoms with Crippen molar-refractivity contribution in [2.75, 3.05) is 10.6 Å². The molecule has 2 aromatic rings. The van der Waals surface area contributed by atoms with Crippen molar-refractivity contribution in [3.63, 3.8) is 0 Å². The lowest BCUT2D eigenvalue weighted by molar-refractivity contribution is -0.142. The molecule has 0 saturated carbocycles. The summed E-state index contributed by atoms with van der Waals surface area (Å²) >= 11 is 0. The van der Waals surface area contributed by atoms with Crippen molar-refractivity contribution in [1.82, 2.24) is 0 Å². The Morgan fingerprint density at radius 1 is 1.12 bits per heavy atom. The fraction of sp³-hybridized carbons (Fsp3) is 0.111. The van der Waals surface area contributed by atoms with Gasteiger partial charge in [0.25, 0.3) is 5.91 Å². The van der Waals surface area contributed by atoms with E-state index in [0.717, 1.165) is 0 Å². The second kappa shape index (κ2) is 5.19. The summed E-state index contributed by atoms with van der Waals surface area (Å²) in [5.41, 5.74) is 0.331. The summed E-state index contributed by atoms with van der Waals surface area (Å²) < 4.78 is 18.9. The molecule has 2 heterocycles. The molecule has 0 radical (unpaired) electrons. The summed E-state index contributed by atoms with van der Waals surface area (Å²) in [6.07, 6.45) is 1.99. The number of cyclic esters (lactones) is 1. The minimum absolute atomic E-state index is 0.364. The molecule has 1 amide bonds. The molecule has 2 aromatic carbocycles. The molecule has 2 N–H and O–H groups in total. The van der Waals surface area contributed by atoms with Crippen molar-refractivity contribution < 1.29 is 18.7 Å². The number of hydrogen-bond acceptors (Lipinski definition) is 4. The molecule has 2 aliphatic heterocycles. The van der Waals surface area contributed by atoms with E-state index in [-0.39, 0.29) is 5.91 Å². The molecule has 0 fully saturated rings. The summed E-state index contributed by atoms with van der Waals surface area (Å²) in [6.45, 7) is 0. The zero-order chi connectivity index (χ0) is 16.7. The third-order valence-electron chi connectivity index (χ3n) is 4.20. The third-order valence-corrected chi connectivity index (χ3v) is 4.20. The Morgan fingerprint density at radius 2 is 1.96 bits per heavy atom. The Morgan fingerprint density at radius 3 is 2.71 bits per heavy atom. The Balaban J connectivity index is 1.86. The number of ether oxygens (including phenoxy) is 1. The first-order valence-corrected chi connectivity index (χ1v) is 7.43. The lowest BCUT2D eigenvalue weighted by Crippen LogP contribution is -2.51. The number of para-hydroxylation sites is 1. The number of amides is 1. The number of carbonyl (C=O) groups excluding carboxylic acids is 2. The van der Waals surface area contributed by atoms with Gasteiger partial charge in [-0.3, -0.25) is 4.79 Å². The molecule has 2 unspecified atom stereocenters. The predicted molar refractivity (Wildman–Crippen MR) is 85.8 cm³/mol. The van der Waals surface area contributed by atoms with Gasteiger partial charge in [-0.25, -0.2) is 9.18 Å². The molecule has 120 valence electrons. The standard InChI is InChI=1S/C18H13FN2O3/c19-11-4-3-5-12(10-11)21-18(15-8-9-16(22)24-15)13-6-1-2-7-14(13)20-17(18)23/h1-10,15,21H,(H,20,23). The minimum Gasteiger partial charge on any atom is -0.451 e. The van der Waals surface area contributed by atoms with Crippen LogP contribution < -0.4 is 10.6 Å². The highest BCUT2D eigenvalue weighted by Gasteiger charge is 2.55. The number of fused-ring (bicyclic) bond motifs is 1. The quantitative estimate of drug-likeness (QED) is 0.852. The van der Waals surface area contributed by atoms with E-state index in [9.17, 15) is 14.0 Å². The Kier molecular flexibility index (Phi) is 3.13. The molecule has 4 rings (SSSR count). The van der Waals surface area contributed by atoms with Gasteiger partial charge in [-0.2, -0.15) is 0 Å². The van der Waals surface area contributed by atoms with Gasteiger partial charge in [-0.15, -0.1) is 0 Å². The van der Waals surface area contributed by atoms with Crippen LogP contribution in [0, 0.1) is 5.82 Å². The van der Waals surface area contributed by atoms with Gasteiger partial charge in [-0.05, 0) is 30.3 Å². The number of esters is 1. The van der Waals surface area contributed by atoms with Crippen LogP contribution in [-0.4, -0.2) is 18.0 Å². The van der Waals surface area contributed by atoms with Crippen LogP contribution in [0.25, 0.3) is 0 Å². The van der Waals surface area contributed by atoms with Crippen LogP contribution in [0.4, 0.5) is 15.8 Å². The van der Waals surface area contributed by atoms with E-state index in [1.54, 1.807) is 36.4 Å². The fourth-order valence-electron chi connectivity index (χ4n) is 3.15. The van der Waals surface area contributed by atoms with Gasteiger partial charge < -0.3 is 15.4 Å². The monoisotopic (exact) mass is 324 g/mol. The van der Waals surface area contributed by atoms with Gasteiger partial charge in [0.2, 0.25) is 0 Å². The first kappa shape index (κ1) is 14.4. The van der Waals surface area contributed by atoms with Crippen LogP contribution >= 0.6 is 0 Å². The van der Waals surface area contributed by atoms with Gasteiger partial charge in [0.15, 0.2) is 11.6 Å². The molecule has 24 heavy (non-hydrogen) atoms. The van der Waals surface area contributed by atoms with E-state index in [1.165, 1.54) is 24.3 Å². The highest BCUT2D eigenvalue weighted by molar-refractivity contribution is 6.09. The largest absolute Gasteiger partial charge is 0.451 e. The Labute approximate surface area is 137 Å². The second-order valence-electron chi connectivity index (χ2n) is 5.66. The average Bonchev–Trinajstić information content (AvgIpc) is 3.10. The SMILES string of the molecule is O=C1C=CC(C2(Nc3cccc(F)c3)C(=O)Nc3ccccc32)O1. The normalized spacial score (nSPS) is 24.5. The molecule has 0 spiro atoms. The topological polar surface area (TPSA) is 67.4 Å². The van der Waals surface area contributed by atoms with Crippen molar-refractivity contribution in [3.05, 3.63) is 72.1 Å². The zero-order valence-corrected chi connectivity index (χ0v) is 12.5. The molecule has 2 atom stereocenters. The summed E-state index contributed by atoms with van der Waals surface area (Å²) in [4.78, 5) is 24.4. The van der Waals surface area contributed by atoms with Crippen molar-refractivity contribution >= 4 is 23.3 Å². The second-order valence-corrected chi connectivity index (χ2v) is 5.66. The highest BCUT2D eigenvalue weighted by Crippen LogP contribution is 2.43. The van der Waals surface area contributed by atoms with Gasteiger partial charge in [-0.1, -0.05) is 24.3 Å². The van der Waals surface area contributed by atoms with E-state index in [4.69, 9.17) is 4.74 Å². The van der Waals surface area contributed by atoms with Crippen LogP contribution in [-0.2, 0) is 19.9 Å². The maximum Gasteiger partial charge on any atom is 0.331 e. The molecular formula is C18H13FN2O3. The smallest absolute Gasteiger partial charge is 0.331 e. The number of benzene rings is 2. The van der Waals surface area contributed by atoms with Crippen molar-refractivity contribution in [2.24, 2.45) is 0 Å². The Hall–Kier alpha value is -3.15. The lowest BCUT2D eigenvalue weighted by Gasteiger charge is -2.33. The number of carbonyl (C=O) groups is 2. The fourth-order valence-corrected chi connectivity index (χ4v) is 3.15. The maximum absolute atomic E-state index is 13.6. The first-order chi connectivity index (χ1) is 11.6. The van der Waals surface area contributed by atoms with Gasteiger partial charge >= 0.3 is 5.97 Å².